The molecule has 11 heteroatoms. The molecule has 0 saturated carbocycles. The first-order valence-electron chi connectivity index (χ1n) is 16.3. The van der Waals surface area contributed by atoms with E-state index < -0.39 is 36.0 Å². The van der Waals surface area contributed by atoms with Crippen molar-refractivity contribution in [3.63, 3.8) is 0 Å². The van der Waals surface area contributed by atoms with Gasteiger partial charge in [0, 0.05) is 45.6 Å². The number of hydrogen-bond donors (Lipinski definition) is 0. The third-order valence-corrected chi connectivity index (χ3v) is 15.4. The number of hydrogen-bond acceptors (Lipinski definition) is 7. The van der Waals surface area contributed by atoms with E-state index in [9.17, 15) is 4.21 Å². The van der Waals surface area contributed by atoms with Gasteiger partial charge in [0.1, 0.15) is 18.5 Å². The van der Waals surface area contributed by atoms with E-state index in [-0.39, 0.29) is 10.8 Å². The highest BCUT2D eigenvalue weighted by Crippen LogP contribution is 2.37. The van der Waals surface area contributed by atoms with Crippen LogP contribution in [-0.4, -0.2) is 69.3 Å². The summed E-state index contributed by atoms with van der Waals surface area (Å²) >= 11 is 0. The molecule has 0 unspecified atom stereocenters. The lowest BCUT2D eigenvalue weighted by molar-refractivity contribution is 0.147. The lowest BCUT2D eigenvalue weighted by atomic mass is 9.98. The van der Waals surface area contributed by atoms with Gasteiger partial charge in [-0.15, -0.1) is 0 Å². The number of rotatable bonds is 14. The summed E-state index contributed by atoms with van der Waals surface area (Å²) in [6.45, 7) is 19.9. The van der Waals surface area contributed by atoms with E-state index in [0.29, 0.717) is 49.2 Å². The Labute approximate surface area is 283 Å². The predicted octanol–water partition coefficient (Wildman–Crippen LogP) is 8.41. The molecule has 1 aromatic carbocycles. The Morgan fingerprint density at radius 2 is 1.72 bits per heavy atom. The summed E-state index contributed by atoms with van der Waals surface area (Å²) in [5.74, 6) is 0.902. The maximum Gasteiger partial charge on any atom is 0.192 e. The third kappa shape index (κ3) is 8.93. The number of aromatic nitrogens is 4. The van der Waals surface area contributed by atoms with Gasteiger partial charge in [-0.2, -0.15) is 5.10 Å². The molecule has 4 rings (SSSR count). The molecule has 0 fully saturated rings. The van der Waals surface area contributed by atoms with E-state index >= 15 is 4.39 Å². The standard InChI is InChI=1S/C36H51FN4O4SSi/c1-11-29(37)28(24-46(42)35(2,3)4)31-16-13-15-30(40-31)25-20-32-27(33(21-25)44-19-18-43-8)22-38-41(32)34-17-12-14-26(39-34)23-45-47(9,10)36(5,6)7/h12-17,20-22,28-29H,11,18-19,23-24H2,1-10H3/t28-,29+,46-/m0/s1. The molecular weight excluding hydrogens is 632 g/mol. The SMILES string of the molecule is CC[C@@H](F)[C@H](C[S@](=O)C(C)(C)C)c1cccc(-c2cc(OCCOC)c3cnn(-c4cccc(CO[Si](C)(C)C(C)(C)C)n4)c3c2)n1. The summed E-state index contributed by atoms with van der Waals surface area (Å²) in [5, 5.41) is 5.63. The largest absolute Gasteiger partial charge is 0.490 e. The summed E-state index contributed by atoms with van der Waals surface area (Å²) in [4.78, 5) is 9.87. The Kier molecular flexibility index (Phi) is 11.8. The number of ether oxygens (including phenoxy) is 2. The second-order valence-corrected chi connectivity index (χ2v) is 21.5. The van der Waals surface area contributed by atoms with Crippen molar-refractivity contribution in [2.45, 2.75) is 96.5 Å². The minimum Gasteiger partial charge on any atom is -0.490 e. The fraction of sp³-hybridized carbons (Fsp3) is 0.528. The normalized spacial score (nSPS) is 14.7. The van der Waals surface area contributed by atoms with Crippen LogP contribution in [0.15, 0.2) is 54.7 Å². The molecule has 0 N–H and O–H groups in total. The summed E-state index contributed by atoms with van der Waals surface area (Å²) in [6.07, 6.45) is 0.922. The quantitative estimate of drug-likeness (QED) is 0.0975. The van der Waals surface area contributed by atoms with E-state index in [0.717, 1.165) is 22.2 Å². The highest BCUT2D eigenvalue weighted by Gasteiger charge is 2.37. The maximum atomic E-state index is 15.4. The second kappa shape index (κ2) is 15.1. The van der Waals surface area contributed by atoms with Crippen molar-refractivity contribution in [2.75, 3.05) is 26.1 Å². The highest BCUT2D eigenvalue weighted by atomic mass is 32.2. The predicted molar refractivity (Wildman–Crippen MR) is 192 cm³/mol. The molecule has 3 heterocycles. The maximum absolute atomic E-state index is 15.4. The van der Waals surface area contributed by atoms with Crippen molar-refractivity contribution in [1.29, 1.82) is 0 Å². The monoisotopic (exact) mass is 682 g/mol. The molecule has 0 aliphatic carbocycles. The molecule has 0 radical (unpaired) electrons. The van der Waals surface area contributed by atoms with E-state index in [1.807, 2.05) is 76.2 Å². The number of alkyl halides is 1. The first-order chi connectivity index (χ1) is 22.1. The van der Waals surface area contributed by atoms with Crippen LogP contribution in [0.5, 0.6) is 5.75 Å². The molecule has 3 atom stereocenters. The van der Waals surface area contributed by atoms with Crippen LogP contribution in [0.25, 0.3) is 28.0 Å². The summed E-state index contributed by atoms with van der Waals surface area (Å²) in [5.41, 5.74) is 3.65. The Hall–Kier alpha value is -2.99. The van der Waals surface area contributed by atoms with E-state index in [1.54, 1.807) is 18.0 Å². The van der Waals surface area contributed by atoms with Crippen LogP contribution in [0.1, 0.15) is 72.2 Å². The highest BCUT2D eigenvalue weighted by molar-refractivity contribution is 7.86. The molecule has 0 aliphatic rings. The van der Waals surface area contributed by atoms with Crippen LogP contribution < -0.4 is 4.74 Å². The summed E-state index contributed by atoms with van der Waals surface area (Å²) in [6, 6.07) is 15.4. The van der Waals surface area contributed by atoms with E-state index in [4.69, 9.17) is 29.0 Å². The second-order valence-electron chi connectivity index (χ2n) is 14.4. The number of fused-ring (bicyclic) bond motifs is 1. The average molecular weight is 683 g/mol. The minimum atomic E-state index is -1.96. The van der Waals surface area contributed by atoms with Crippen molar-refractivity contribution in [1.82, 2.24) is 19.7 Å². The number of nitrogens with zero attached hydrogens (tertiary/aromatic N) is 4. The zero-order valence-electron chi connectivity index (χ0n) is 29.6. The van der Waals surface area contributed by atoms with Crippen LogP contribution in [-0.2, 0) is 26.6 Å². The molecule has 256 valence electrons. The molecule has 0 amide bonds. The average Bonchev–Trinajstić information content (AvgIpc) is 3.46. The Balaban J connectivity index is 1.77. The van der Waals surface area contributed by atoms with Crippen molar-refractivity contribution in [3.8, 4) is 22.8 Å². The van der Waals surface area contributed by atoms with Gasteiger partial charge >= 0.3 is 0 Å². The van der Waals surface area contributed by atoms with Gasteiger partial charge in [-0.25, -0.2) is 14.1 Å². The smallest absolute Gasteiger partial charge is 0.192 e. The number of halogens is 1. The van der Waals surface area contributed by atoms with Crippen molar-refractivity contribution < 1.29 is 22.5 Å². The van der Waals surface area contributed by atoms with Crippen LogP contribution in [0.4, 0.5) is 4.39 Å². The number of pyridine rings is 2. The zero-order chi connectivity index (χ0) is 34.6. The Morgan fingerprint density at radius 3 is 2.38 bits per heavy atom. The van der Waals surface area contributed by atoms with Gasteiger partial charge in [0.25, 0.3) is 0 Å². The van der Waals surface area contributed by atoms with Gasteiger partial charge in [-0.3, -0.25) is 9.19 Å². The molecule has 4 aromatic rings. The molecule has 3 aromatic heterocycles. The molecule has 8 nitrogen and oxygen atoms in total. The van der Waals surface area contributed by atoms with Gasteiger partial charge in [0.05, 0.1) is 41.7 Å². The van der Waals surface area contributed by atoms with Crippen molar-refractivity contribution >= 4 is 30.0 Å². The van der Waals surface area contributed by atoms with Gasteiger partial charge in [0.2, 0.25) is 0 Å². The van der Waals surface area contributed by atoms with Crippen LogP contribution in [0.3, 0.4) is 0 Å². The molecule has 0 saturated heterocycles. The fourth-order valence-corrected chi connectivity index (χ4v) is 6.95. The molecule has 0 bridgehead atoms. The number of benzene rings is 1. The molecular formula is C36H51FN4O4SSi. The van der Waals surface area contributed by atoms with E-state index in [1.165, 1.54) is 0 Å². The number of methoxy groups -OCH3 is 1. The Morgan fingerprint density at radius 1 is 1.00 bits per heavy atom. The van der Waals surface area contributed by atoms with Crippen molar-refractivity contribution in [3.05, 3.63) is 66.1 Å². The molecule has 0 aliphatic heterocycles. The lowest BCUT2D eigenvalue weighted by Crippen LogP contribution is -2.40. The van der Waals surface area contributed by atoms with Crippen LogP contribution in [0, 0.1) is 0 Å². The third-order valence-electron chi connectivity index (χ3n) is 8.88. The first kappa shape index (κ1) is 36.8. The minimum absolute atomic E-state index is 0.0924. The summed E-state index contributed by atoms with van der Waals surface area (Å²) < 4.78 is 47.7. The van der Waals surface area contributed by atoms with Crippen molar-refractivity contribution in [2.24, 2.45) is 0 Å². The lowest BCUT2D eigenvalue weighted by Gasteiger charge is -2.36. The van der Waals surface area contributed by atoms with Crippen LogP contribution in [0.2, 0.25) is 18.1 Å². The van der Waals surface area contributed by atoms with Gasteiger partial charge < -0.3 is 13.9 Å². The van der Waals surface area contributed by atoms with Gasteiger partial charge in [-0.1, -0.05) is 39.8 Å². The topological polar surface area (TPSA) is 88.4 Å². The Bertz CT molecular complexity index is 1680. The summed E-state index contributed by atoms with van der Waals surface area (Å²) in [7, 11) is -1.57. The van der Waals surface area contributed by atoms with Gasteiger partial charge in [-0.05, 0) is 81.7 Å². The van der Waals surface area contributed by atoms with Gasteiger partial charge in [0.15, 0.2) is 14.1 Å². The molecule has 47 heavy (non-hydrogen) atoms. The zero-order valence-corrected chi connectivity index (χ0v) is 31.4. The fourth-order valence-electron chi connectivity index (χ4n) is 4.81. The first-order valence-corrected chi connectivity index (χ1v) is 20.5. The van der Waals surface area contributed by atoms with Crippen LogP contribution >= 0.6 is 0 Å². The molecule has 0 spiro atoms. The van der Waals surface area contributed by atoms with E-state index in [2.05, 4.69) is 33.9 Å².